The van der Waals surface area contributed by atoms with E-state index in [1.54, 1.807) is 18.2 Å². The number of para-hydroxylation sites is 1. The van der Waals surface area contributed by atoms with E-state index in [1.807, 2.05) is 0 Å². The Morgan fingerprint density at radius 2 is 1.83 bits per heavy atom. The van der Waals surface area contributed by atoms with Gasteiger partial charge in [-0.1, -0.05) is 23.9 Å². The first-order valence-electron chi connectivity index (χ1n) is 10.1. The number of carbonyl (C=O) groups is 1. The van der Waals surface area contributed by atoms with Crippen LogP contribution in [0.5, 0.6) is 0 Å². The largest absolute Gasteiger partial charge is 0.411 e. The zero-order chi connectivity index (χ0) is 20.0. The van der Waals surface area contributed by atoms with Crippen LogP contribution < -0.4 is 5.32 Å². The molecule has 0 saturated heterocycles. The average Bonchev–Trinajstić information content (AvgIpc) is 3.17. The maximum atomic E-state index is 12.5. The third kappa shape index (κ3) is 3.63. The third-order valence-electron chi connectivity index (χ3n) is 6.62. The van der Waals surface area contributed by atoms with E-state index in [-0.39, 0.29) is 34.0 Å². The van der Waals surface area contributed by atoms with Crippen LogP contribution in [0.1, 0.15) is 32.1 Å². The van der Waals surface area contributed by atoms with Crippen molar-refractivity contribution in [1.82, 2.24) is 15.5 Å². The van der Waals surface area contributed by atoms with E-state index in [1.165, 1.54) is 38.2 Å². The number of rotatable bonds is 6. The number of hydrogen-bond acceptors (Lipinski definition) is 7. The first-order chi connectivity index (χ1) is 14.1. The lowest BCUT2D eigenvalue weighted by Gasteiger charge is -2.54. The van der Waals surface area contributed by atoms with E-state index in [2.05, 4.69) is 15.5 Å². The Kier molecular flexibility index (Phi) is 4.77. The highest BCUT2D eigenvalue weighted by atomic mass is 32.2. The molecule has 1 aromatic carbocycles. The maximum Gasteiger partial charge on any atom is 0.282 e. The molecule has 152 valence electrons. The molecule has 4 fully saturated rings. The standard InChI is InChI=1S/C20H22N4O4S/c25-17(21-18-13-6-11-5-12(8-13)9-14(18)7-11)10-29-20-23-22-19(28-20)15-3-1-2-4-16(15)24(26)27/h1-4,11-14,18H,5-10H2,(H,21,25). The summed E-state index contributed by atoms with van der Waals surface area (Å²) in [5.41, 5.74) is 0.183. The lowest BCUT2D eigenvalue weighted by atomic mass is 9.54. The van der Waals surface area contributed by atoms with Crippen LogP contribution in [0, 0.1) is 33.8 Å². The summed E-state index contributed by atoms with van der Waals surface area (Å²) in [5.74, 6) is 3.28. The van der Waals surface area contributed by atoms with Crippen molar-refractivity contribution in [2.45, 2.75) is 43.4 Å². The number of nitro groups is 1. The summed E-state index contributed by atoms with van der Waals surface area (Å²) >= 11 is 1.16. The summed E-state index contributed by atoms with van der Waals surface area (Å²) in [6, 6.07) is 6.53. The van der Waals surface area contributed by atoms with Gasteiger partial charge in [0.05, 0.1) is 10.7 Å². The highest BCUT2D eigenvalue weighted by molar-refractivity contribution is 7.99. The van der Waals surface area contributed by atoms with Crippen molar-refractivity contribution in [3.8, 4) is 11.5 Å². The van der Waals surface area contributed by atoms with Crippen LogP contribution >= 0.6 is 11.8 Å². The molecule has 1 aromatic heterocycles. The molecular weight excluding hydrogens is 392 g/mol. The summed E-state index contributed by atoms with van der Waals surface area (Å²) < 4.78 is 5.55. The topological polar surface area (TPSA) is 111 Å². The van der Waals surface area contributed by atoms with Crippen molar-refractivity contribution >= 4 is 23.4 Å². The predicted octanol–water partition coefficient (Wildman–Crippen LogP) is 3.68. The second-order valence-corrected chi connectivity index (χ2v) is 9.39. The molecule has 2 aromatic rings. The zero-order valence-electron chi connectivity index (χ0n) is 15.8. The van der Waals surface area contributed by atoms with Gasteiger partial charge in [-0.2, -0.15) is 0 Å². The number of thioether (sulfide) groups is 1. The zero-order valence-corrected chi connectivity index (χ0v) is 16.6. The van der Waals surface area contributed by atoms with Gasteiger partial charge in [0.15, 0.2) is 0 Å². The molecule has 29 heavy (non-hydrogen) atoms. The summed E-state index contributed by atoms with van der Waals surface area (Å²) in [6.07, 6.45) is 6.42. The maximum absolute atomic E-state index is 12.5. The fraction of sp³-hybridized carbons (Fsp3) is 0.550. The number of amides is 1. The van der Waals surface area contributed by atoms with Crippen molar-refractivity contribution in [3.63, 3.8) is 0 Å². The van der Waals surface area contributed by atoms with Crippen LogP contribution in [-0.4, -0.2) is 32.8 Å². The molecule has 0 aliphatic heterocycles. The molecule has 1 amide bonds. The van der Waals surface area contributed by atoms with Gasteiger partial charge in [-0.05, 0) is 61.8 Å². The summed E-state index contributed by atoms with van der Waals surface area (Å²) in [7, 11) is 0. The number of nitro benzene ring substituents is 1. The van der Waals surface area contributed by atoms with E-state index in [0.29, 0.717) is 17.9 Å². The van der Waals surface area contributed by atoms with Crippen LogP contribution in [0.25, 0.3) is 11.5 Å². The molecule has 1 N–H and O–H groups in total. The van der Waals surface area contributed by atoms with Gasteiger partial charge in [0.2, 0.25) is 5.91 Å². The number of aromatic nitrogens is 2. The SMILES string of the molecule is O=C(CSc1nnc(-c2ccccc2[N+](=O)[O-])o1)NC1C2CC3CC(C2)CC1C3. The van der Waals surface area contributed by atoms with E-state index < -0.39 is 4.92 Å². The van der Waals surface area contributed by atoms with Crippen LogP contribution in [0.3, 0.4) is 0 Å². The van der Waals surface area contributed by atoms with Crippen molar-refractivity contribution in [2.75, 3.05) is 5.75 Å². The second-order valence-electron chi connectivity index (χ2n) is 8.46. The molecular formula is C20H22N4O4S. The Morgan fingerprint density at radius 1 is 1.14 bits per heavy atom. The van der Waals surface area contributed by atoms with Gasteiger partial charge < -0.3 is 9.73 Å². The molecule has 4 aliphatic carbocycles. The normalized spacial score (nSPS) is 29.7. The molecule has 0 radical (unpaired) electrons. The first kappa shape index (κ1) is 18.6. The minimum Gasteiger partial charge on any atom is -0.411 e. The van der Waals surface area contributed by atoms with Gasteiger partial charge in [0, 0.05) is 12.1 Å². The molecule has 4 aliphatic rings. The van der Waals surface area contributed by atoms with Gasteiger partial charge in [0.1, 0.15) is 5.56 Å². The van der Waals surface area contributed by atoms with Gasteiger partial charge in [-0.25, -0.2) is 0 Å². The van der Waals surface area contributed by atoms with Crippen molar-refractivity contribution in [1.29, 1.82) is 0 Å². The van der Waals surface area contributed by atoms with Gasteiger partial charge in [-0.15, -0.1) is 10.2 Å². The van der Waals surface area contributed by atoms with Crippen molar-refractivity contribution in [3.05, 3.63) is 34.4 Å². The number of nitrogens with zero attached hydrogens (tertiary/aromatic N) is 3. The van der Waals surface area contributed by atoms with E-state index >= 15 is 0 Å². The van der Waals surface area contributed by atoms with E-state index in [0.717, 1.165) is 23.6 Å². The van der Waals surface area contributed by atoms with Gasteiger partial charge in [-0.3, -0.25) is 14.9 Å². The summed E-state index contributed by atoms with van der Waals surface area (Å²) in [4.78, 5) is 23.2. The van der Waals surface area contributed by atoms with E-state index in [9.17, 15) is 14.9 Å². The minimum absolute atomic E-state index is 0.0158. The Hall–Kier alpha value is -2.42. The molecule has 9 heteroatoms. The van der Waals surface area contributed by atoms with Crippen LogP contribution in [0.4, 0.5) is 5.69 Å². The van der Waals surface area contributed by atoms with Gasteiger partial charge in [0.25, 0.3) is 16.8 Å². The number of benzene rings is 1. The summed E-state index contributed by atoms with van der Waals surface area (Å²) in [6.45, 7) is 0. The molecule has 0 spiro atoms. The monoisotopic (exact) mass is 414 g/mol. The van der Waals surface area contributed by atoms with Gasteiger partial charge >= 0.3 is 0 Å². The fourth-order valence-corrected chi connectivity index (χ4v) is 6.28. The average molecular weight is 414 g/mol. The molecule has 4 bridgehead atoms. The second kappa shape index (κ2) is 7.44. The first-order valence-corrected chi connectivity index (χ1v) is 11.0. The van der Waals surface area contributed by atoms with E-state index in [4.69, 9.17) is 4.42 Å². The quantitative estimate of drug-likeness (QED) is 0.436. The molecule has 0 atom stereocenters. The summed E-state index contributed by atoms with van der Waals surface area (Å²) in [5, 5.41) is 22.5. The number of carbonyl (C=O) groups excluding carboxylic acids is 1. The number of hydrogen-bond donors (Lipinski definition) is 1. The highest BCUT2D eigenvalue weighted by Crippen LogP contribution is 2.53. The Morgan fingerprint density at radius 3 is 2.52 bits per heavy atom. The Balaban J connectivity index is 1.20. The van der Waals surface area contributed by atoms with Crippen molar-refractivity contribution in [2.24, 2.45) is 23.7 Å². The van der Waals surface area contributed by atoms with Crippen molar-refractivity contribution < 1.29 is 14.1 Å². The Labute approximate surface area is 172 Å². The third-order valence-corrected chi connectivity index (χ3v) is 7.44. The molecule has 8 nitrogen and oxygen atoms in total. The lowest BCUT2D eigenvalue weighted by molar-refractivity contribution is -0.384. The van der Waals surface area contributed by atoms with Crippen LogP contribution in [-0.2, 0) is 4.79 Å². The fourth-order valence-electron chi connectivity index (χ4n) is 5.71. The Bertz CT molecular complexity index is 918. The number of nitrogens with one attached hydrogen (secondary N) is 1. The minimum atomic E-state index is -0.481. The smallest absolute Gasteiger partial charge is 0.282 e. The predicted molar refractivity (Wildman–Crippen MR) is 106 cm³/mol. The molecule has 6 rings (SSSR count). The lowest BCUT2D eigenvalue weighted by Crippen LogP contribution is -2.56. The molecule has 0 unspecified atom stereocenters. The van der Waals surface area contributed by atoms with Crippen LogP contribution in [0.2, 0.25) is 0 Å². The van der Waals surface area contributed by atoms with Crippen LogP contribution in [0.15, 0.2) is 33.9 Å². The molecule has 4 saturated carbocycles. The highest BCUT2D eigenvalue weighted by Gasteiger charge is 2.48. The molecule has 1 heterocycles.